The van der Waals surface area contributed by atoms with Crippen LogP contribution in [0.2, 0.25) is 0 Å². The molecule has 0 aromatic heterocycles. The lowest BCUT2D eigenvalue weighted by atomic mass is 9.71. The van der Waals surface area contributed by atoms with Crippen molar-refractivity contribution in [2.75, 3.05) is 20.3 Å². The Balaban J connectivity index is 2.31. The normalized spacial score (nSPS) is 31.3. The summed E-state index contributed by atoms with van der Waals surface area (Å²) in [7, 11) is 1.67. The van der Waals surface area contributed by atoms with E-state index in [1.807, 2.05) is 0 Å². The Morgan fingerprint density at radius 1 is 1.31 bits per heavy atom. The predicted octanol–water partition coefficient (Wildman–Crippen LogP) is 2.19. The molecule has 1 aliphatic rings. The van der Waals surface area contributed by atoms with E-state index in [9.17, 15) is 0 Å². The van der Waals surface area contributed by atoms with Crippen LogP contribution in [0, 0.1) is 11.3 Å². The van der Waals surface area contributed by atoms with E-state index in [-0.39, 0.29) is 6.04 Å². The summed E-state index contributed by atoms with van der Waals surface area (Å²) in [5, 5.41) is 0. The van der Waals surface area contributed by atoms with Gasteiger partial charge in [0, 0.05) is 7.11 Å². The van der Waals surface area contributed by atoms with E-state index in [0.717, 1.165) is 12.3 Å². The zero-order chi connectivity index (χ0) is 12.2. The molecule has 0 aliphatic heterocycles. The highest BCUT2D eigenvalue weighted by Crippen LogP contribution is 2.39. The molecule has 0 radical (unpaired) electrons. The second kappa shape index (κ2) is 5.99. The number of rotatable bonds is 5. The SMILES string of the molecule is COCC(N)COC1CC(C)CC(C)(C)C1. The van der Waals surface area contributed by atoms with E-state index in [1.165, 1.54) is 12.8 Å². The second-order valence-electron chi connectivity index (χ2n) is 6.08. The molecule has 0 aromatic carbocycles. The van der Waals surface area contributed by atoms with Gasteiger partial charge in [-0.25, -0.2) is 0 Å². The molecule has 0 spiro atoms. The van der Waals surface area contributed by atoms with E-state index in [2.05, 4.69) is 20.8 Å². The van der Waals surface area contributed by atoms with Gasteiger partial charge in [0.2, 0.25) is 0 Å². The molecule has 16 heavy (non-hydrogen) atoms. The molecule has 3 atom stereocenters. The first-order valence-corrected chi connectivity index (χ1v) is 6.29. The van der Waals surface area contributed by atoms with Crippen LogP contribution in [0.4, 0.5) is 0 Å². The highest BCUT2D eigenvalue weighted by Gasteiger charge is 2.32. The fourth-order valence-electron chi connectivity index (χ4n) is 2.91. The summed E-state index contributed by atoms with van der Waals surface area (Å²) in [5.74, 6) is 0.757. The van der Waals surface area contributed by atoms with Crippen LogP contribution in [0.25, 0.3) is 0 Å². The van der Waals surface area contributed by atoms with Crippen LogP contribution in [0.3, 0.4) is 0 Å². The average molecular weight is 229 g/mol. The maximum absolute atomic E-state index is 5.90. The molecular weight excluding hydrogens is 202 g/mol. The predicted molar refractivity (Wildman–Crippen MR) is 66.4 cm³/mol. The zero-order valence-electron chi connectivity index (χ0n) is 11.2. The molecule has 1 aliphatic carbocycles. The van der Waals surface area contributed by atoms with E-state index >= 15 is 0 Å². The van der Waals surface area contributed by atoms with E-state index in [0.29, 0.717) is 24.7 Å². The van der Waals surface area contributed by atoms with Gasteiger partial charge in [-0.15, -0.1) is 0 Å². The van der Waals surface area contributed by atoms with E-state index in [4.69, 9.17) is 15.2 Å². The summed E-state index contributed by atoms with van der Waals surface area (Å²) in [5.41, 5.74) is 6.26. The molecule has 1 rings (SSSR count). The van der Waals surface area contributed by atoms with Crippen molar-refractivity contribution in [1.29, 1.82) is 0 Å². The van der Waals surface area contributed by atoms with Crippen molar-refractivity contribution in [3.8, 4) is 0 Å². The van der Waals surface area contributed by atoms with Gasteiger partial charge in [-0.3, -0.25) is 0 Å². The Bertz CT molecular complexity index is 206. The van der Waals surface area contributed by atoms with Gasteiger partial charge in [-0.1, -0.05) is 20.8 Å². The molecule has 0 heterocycles. The molecule has 3 unspecified atom stereocenters. The Morgan fingerprint density at radius 2 is 2.00 bits per heavy atom. The standard InChI is InChI=1S/C13H27NO2/c1-10-5-12(7-13(2,3)6-10)16-9-11(14)8-15-4/h10-12H,5-9,14H2,1-4H3. The largest absolute Gasteiger partial charge is 0.383 e. The minimum atomic E-state index is 0.00495. The first-order valence-electron chi connectivity index (χ1n) is 6.29. The lowest BCUT2D eigenvalue weighted by Crippen LogP contribution is -2.37. The highest BCUT2D eigenvalue weighted by molar-refractivity contribution is 4.83. The summed E-state index contributed by atoms with van der Waals surface area (Å²) in [6, 6.07) is 0.00495. The van der Waals surface area contributed by atoms with Crippen molar-refractivity contribution in [1.82, 2.24) is 0 Å². The fraction of sp³-hybridized carbons (Fsp3) is 1.00. The smallest absolute Gasteiger partial charge is 0.0643 e. The van der Waals surface area contributed by atoms with Crippen molar-refractivity contribution in [2.45, 2.75) is 52.2 Å². The summed E-state index contributed by atoms with van der Waals surface area (Å²) in [6.07, 6.45) is 4.00. The van der Waals surface area contributed by atoms with Crippen molar-refractivity contribution in [3.63, 3.8) is 0 Å². The monoisotopic (exact) mass is 229 g/mol. The Morgan fingerprint density at radius 3 is 2.56 bits per heavy atom. The molecule has 3 heteroatoms. The van der Waals surface area contributed by atoms with Crippen molar-refractivity contribution in [2.24, 2.45) is 17.1 Å². The first-order chi connectivity index (χ1) is 7.43. The Labute approximate surface area is 99.7 Å². The third kappa shape index (κ3) is 4.81. The third-order valence-corrected chi connectivity index (χ3v) is 3.27. The van der Waals surface area contributed by atoms with Crippen molar-refractivity contribution < 1.29 is 9.47 Å². The number of hydrogen-bond donors (Lipinski definition) is 1. The van der Waals surface area contributed by atoms with Crippen LogP contribution in [-0.2, 0) is 9.47 Å². The summed E-state index contributed by atoms with van der Waals surface area (Å²) >= 11 is 0. The third-order valence-electron chi connectivity index (χ3n) is 3.27. The number of ether oxygens (including phenoxy) is 2. The van der Waals surface area contributed by atoms with Crippen LogP contribution < -0.4 is 5.73 Å². The second-order valence-corrected chi connectivity index (χ2v) is 6.08. The molecule has 1 fully saturated rings. The van der Waals surface area contributed by atoms with Gasteiger partial charge in [0.05, 0.1) is 25.4 Å². The molecule has 0 saturated heterocycles. The van der Waals surface area contributed by atoms with Crippen LogP contribution in [-0.4, -0.2) is 32.5 Å². The molecule has 96 valence electrons. The average Bonchev–Trinajstić information content (AvgIpc) is 2.12. The van der Waals surface area contributed by atoms with Gasteiger partial charge in [0.25, 0.3) is 0 Å². The van der Waals surface area contributed by atoms with Crippen LogP contribution in [0.1, 0.15) is 40.0 Å². The fourth-order valence-corrected chi connectivity index (χ4v) is 2.91. The lowest BCUT2D eigenvalue weighted by Gasteiger charge is -2.39. The van der Waals surface area contributed by atoms with E-state index in [1.54, 1.807) is 7.11 Å². The number of nitrogens with two attached hydrogens (primary N) is 1. The van der Waals surface area contributed by atoms with Gasteiger partial charge in [-0.2, -0.15) is 0 Å². The zero-order valence-corrected chi connectivity index (χ0v) is 11.2. The van der Waals surface area contributed by atoms with Crippen molar-refractivity contribution in [3.05, 3.63) is 0 Å². The van der Waals surface area contributed by atoms with Crippen LogP contribution in [0.5, 0.6) is 0 Å². The number of hydrogen-bond acceptors (Lipinski definition) is 3. The molecule has 0 aromatic rings. The Kier molecular flexibility index (Phi) is 5.22. The maximum Gasteiger partial charge on any atom is 0.0643 e. The molecule has 0 amide bonds. The Hall–Kier alpha value is -0.120. The highest BCUT2D eigenvalue weighted by atomic mass is 16.5. The maximum atomic E-state index is 5.90. The van der Waals surface area contributed by atoms with Gasteiger partial charge >= 0.3 is 0 Å². The molecule has 0 bridgehead atoms. The minimum absolute atomic E-state index is 0.00495. The summed E-state index contributed by atoms with van der Waals surface area (Å²) < 4.78 is 10.9. The van der Waals surface area contributed by atoms with Gasteiger partial charge in [-0.05, 0) is 30.6 Å². The quantitative estimate of drug-likeness (QED) is 0.786. The molecule has 3 nitrogen and oxygen atoms in total. The lowest BCUT2D eigenvalue weighted by molar-refractivity contribution is -0.0332. The molecule has 2 N–H and O–H groups in total. The van der Waals surface area contributed by atoms with Crippen LogP contribution in [0.15, 0.2) is 0 Å². The van der Waals surface area contributed by atoms with Crippen molar-refractivity contribution >= 4 is 0 Å². The van der Waals surface area contributed by atoms with Gasteiger partial charge in [0.1, 0.15) is 0 Å². The first kappa shape index (κ1) is 13.9. The minimum Gasteiger partial charge on any atom is -0.383 e. The molecule has 1 saturated carbocycles. The summed E-state index contributed by atoms with van der Waals surface area (Å²) in [4.78, 5) is 0. The molecular formula is C13H27NO2. The van der Waals surface area contributed by atoms with Gasteiger partial charge in [0.15, 0.2) is 0 Å². The number of methoxy groups -OCH3 is 1. The summed E-state index contributed by atoms with van der Waals surface area (Å²) in [6.45, 7) is 8.15. The van der Waals surface area contributed by atoms with E-state index < -0.39 is 0 Å². The van der Waals surface area contributed by atoms with Crippen LogP contribution >= 0.6 is 0 Å². The topological polar surface area (TPSA) is 44.5 Å². The van der Waals surface area contributed by atoms with Gasteiger partial charge < -0.3 is 15.2 Å².